The Balaban J connectivity index is 1.65. The molecule has 0 N–H and O–H groups in total. The second-order valence-corrected chi connectivity index (χ2v) is 7.78. The molecular formula is C27H31N3O2. The highest BCUT2D eigenvalue weighted by Crippen LogP contribution is 2.24. The molecule has 32 heavy (non-hydrogen) atoms. The molecule has 0 unspecified atom stereocenters. The lowest BCUT2D eigenvalue weighted by Crippen LogP contribution is -2.14. The van der Waals surface area contributed by atoms with Crippen molar-refractivity contribution in [1.82, 2.24) is 4.90 Å². The molecule has 0 aliphatic rings. The van der Waals surface area contributed by atoms with E-state index >= 15 is 0 Å². The zero-order chi connectivity index (χ0) is 22.9. The molecule has 0 aliphatic carbocycles. The van der Waals surface area contributed by atoms with Crippen molar-refractivity contribution in [1.29, 1.82) is 0 Å². The first kappa shape index (κ1) is 23.1. The monoisotopic (exact) mass is 429 g/mol. The second kappa shape index (κ2) is 11.1. The summed E-state index contributed by atoms with van der Waals surface area (Å²) in [6.07, 6.45) is 1.86. The van der Waals surface area contributed by atoms with E-state index in [1.165, 1.54) is 0 Å². The molecular weight excluding hydrogens is 398 g/mol. The lowest BCUT2D eigenvalue weighted by atomic mass is 10.0. The van der Waals surface area contributed by atoms with Crippen molar-refractivity contribution >= 4 is 17.7 Å². The SMILES string of the molecule is CCN(C)C=Nc1cc(C)c(/C(C)=N/OCc2cccc(Oc3ccccc3)c2)cc1C. The van der Waals surface area contributed by atoms with Crippen LogP contribution in [0.3, 0.4) is 0 Å². The van der Waals surface area contributed by atoms with Gasteiger partial charge in [0.25, 0.3) is 0 Å². The molecule has 0 bridgehead atoms. The van der Waals surface area contributed by atoms with Gasteiger partial charge in [0.2, 0.25) is 0 Å². The van der Waals surface area contributed by atoms with Crippen molar-refractivity contribution in [2.75, 3.05) is 13.6 Å². The van der Waals surface area contributed by atoms with E-state index in [1.54, 1.807) is 0 Å². The predicted octanol–water partition coefficient (Wildman–Crippen LogP) is 6.65. The molecule has 0 atom stereocenters. The molecule has 5 nitrogen and oxygen atoms in total. The van der Waals surface area contributed by atoms with Gasteiger partial charge in [0.1, 0.15) is 18.1 Å². The fraction of sp³-hybridized carbons (Fsp3) is 0.259. The van der Waals surface area contributed by atoms with Gasteiger partial charge in [-0.2, -0.15) is 0 Å². The minimum Gasteiger partial charge on any atom is -0.457 e. The van der Waals surface area contributed by atoms with Crippen LogP contribution in [0.5, 0.6) is 11.5 Å². The molecule has 0 radical (unpaired) electrons. The smallest absolute Gasteiger partial charge is 0.142 e. The number of benzene rings is 3. The standard InChI is InChI=1S/C27H31N3O2/c1-6-30(5)19-28-27-16-20(2)26(15-21(27)3)22(4)29-31-18-23-11-10-14-25(17-23)32-24-12-8-7-9-13-24/h7-17,19H,6,18H2,1-5H3/b28-19?,29-22+. The number of nitrogens with zero attached hydrogens (tertiary/aromatic N) is 3. The normalized spacial score (nSPS) is 11.6. The summed E-state index contributed by atoms with van der Waals surface area (Å²) in [5, 5.41) is 4.35. The van der Waals surface area contributed by atoms with Gasteiger partial charge < -0.3 is 14.5 Å². The van der Waals surface area contributed by atoms with Gasteiger partial charge in [0.05, 0.1) is 17.7 Å². The van der Waals surface area contributed by atoms with Crippen molar-refractivity contribution < 1.29 is 9.57 Å². The number of para-hydroxylation sites is 1. The van der Waals surface area contributed by atoms with Crippen LogP contribution in [0.4, 0.5) is 5.69 Å². The molecule has 3 aromatic carbocycles. The molecule has 3 aromatic rings. The highest BCUT2D eigenvalue weighted by atomic mass is 16.6. The van der Waals surface area contributed by atoms with Crippen molar-refractivity contribution in [3.8, 4) is 11.5 Å². The first-order valence-electron chi connectivity index (χ1n) is 10.8. The predicted molar refractivity (Wildman–Crippen MR) is 132 cm³/mol. The Labute approximate surface area is 191 Å². The van der Waals surface area contributed by atoms with E-state index in [0.717, 1.165) is 51.7 Å². The van der Waals surface area contributed by atoms with Crippen LogP contribution in [-0.2, 0) is 11.4 Å². The van der Waals surface area contributed by atoms with Gasteiger partial charge in [-0.05, 0) is 80.8 Å². The Hall–Kier alpha value is -3.60. The zero-order valence-electron chi connectivity index (χ0n) is 19.5. The third kappa shape index (κ3) is 6.45. The molecule has 3 rings (SSSR count). The Bertz CT molecular complexity index is 1090. The molecule has 166 valence electrons. The third-order valence-electron chi connectivity index (χ3n) is 5.14. The van der Waals surface area contributed by atoms with Crippen LogP contribution in [-0.4, -0.2) is 30.5 Å². The van der Waals surface area contributed by atoms with E-state index in [1.807, 2.05) is 79.8 Å². The Morgan fingerprint density at radius 1 is 0.938 bits per heavy atom. The van der Waals surface area contributed by atoms with E-state index in [2.05, 4.69) is 43.1 Å². The van der Waals surface area contributed by atoms with E-state index in [9.17, 15) is 0 Å². The maximum atomic E-state index is 5.89. The van der Waals surface area contributed by atoms with Crippen LogP contribution in [0, 0.1) is 13.8 Å². The fourth-order valence-corrected chi connectivity index (χ4v) is 3.15. The molecule has 0 aromatic heterocycles. The van der Waals surface area contributed by atoms with Gasteiger partial charge in [0, 0.05) is 19.2 Å². The summed E-state index contributed by atoms with van der Waals surface area (Å²) >= 11 is 0. The second-order valence-electron chi connectivity index (χ2n) is 7.78. The summed E-state index contributed by atoms with van der Waals surface area (Å²) in [6, 6.07) is 21.8. The summed E-state index contributed by atoms with van der Waals surface area (Å²) in [4.78, 5) is 12.3. The van der Waals surface area contributed by atoms with E-state index in [0.29, 0.717) is 6.61 Å². The van der Waals surface area contributed by atoms with Gasteiger partial charge in [-0.15, -0.1) is 0 Å². The Kier molecular flexibility index (Phi) is 8.03. The molecule has 5 heteroatoms. The lowest BCUT2D eigenvalue weighted by Gasteiger charge is -2.12. The van der Waals surface area contributed by atoms with E-state index in [-0.39, 0.29) is 0 Å². The number of rotatable bonds is 9. The average molecular weight is 430 g/mol. The van der Waals surface area contributed by atoms with Crippen molar-refractivity contribution in [2.24, 2.45) is 10.1 Å². The van der Waals surface area contributed by atoms with Crippen molar-refractivity contribution in [3.05, 3.63) is 89.0 Å². The Morgan fingerprint density at radius 2 is 1.69 bits per heavy atom. The molecule has 0 heterocycles. The number of hydrogen-bond donors (Lipinski definition) is 0. The quantitative estimate of drug-likeness (QED) is 0.217. The maximum absolute atomic E-state index is 5.89. The van der Waals surface area contributed by atoms with Crippen LogP contribution >= 0.6 is 0 Å². The molecule has 0 aliphatic heterocycles. The number of oxime groups is 1. The fourth-order valence-electron chi connectivity index (χ4n) is 3.15. The first-order valence-corrected chi connectivity index (χ1v) is 10.8. The molecule has 0 amide bonds. The largest absolute Gasteiger partial charge is 0.457 e. The Morgan fingerprint density at radius 3 is 2.44 bits per heavy atom. The van der Waals surface area contributed by atoms with Crippen LogP contribution in [0.15, 0.2) is 76.9 Å². The number of hydrogen-bond acceptors (Lipinski definition) is 4. The van der Waals surface area contributed by atoms with Gasteiger partial charge in [0.15, 0.2) is 0 Å². The number of ether oxygens (including phenoxy) is 1. The molecule has 0 saturated carbocycles. The zero-order valence-corrected chi connectivity index (χ0v) is 19.5. The highest BCUT2D eigenvalue weighted by molar-refractivity contribution is 6.00. The average Bonchev–Trinajstić information content (AvgIpc) is 2.80. The molecule has 0 spiro atoms. The summed E-state index contributed by atoms with van der Waals surface area (Å²) in [6.45, 7) is 9.48. The minimum atomic E-state index is 0.368. The van der Waals surface area contributed by atoms with Crippen LogP contribution in [0.1, 0.15) is 36.1 Å². The summed E-state index contributed by atoms with van der Waals surface area (Å²) in [5.74, 6) is 1.58. The van der Waals surface area contributed by atoms with Gasteiger partial charge >= 0.3 is 0 Å². The topological polar surface area (TPSA) is 46.4 Å². The number of aliphatic imine (C=N–C) groups is 1. The highest BCUT2D eigenvalue weighted by Gasteiger charge is 2.08. The number of aryl methyl sites for hydroxylation is 2. The van der Waals surface area contributed by atoms with E-state index in [4.69, 9.17) is 9.57 Å². The van der Waals surface area contributed by atoms with Crippen molar-refractivity contribution in [3.63, 3.8) is 0 Å². The molecule has 0 fully saturated rings. The van der Waals surface area contributed by atoms with Crippen LogP contribution < -0.4 is 4.74 Å². The van der Waals surface area contributed by atoms with Gasteiger partial charge in [-0.1, -0.05) is 35.5 Å². The third-order valence-corrected chi connectivity index (χ3v) is 5.14. The lowest BCUT2D eigenvalue weighted by molar-refractivity contribution is 0.130. The summed E-state index contributed by atoms with van der Waals surface area (Å²) in [5.41, 5.74) is 6.08. The van der Waals surface area contributed by atoms with E-state index < -0.39 is 0 Å². The van der Waals surface area contributed by atoms with Crippen molar-refractivity contribution in [2.45, 2.75) is 34.3 Å². The van der Waals surface area contributed by atoms with Gasteiger partial charge in [-0.3, -0.25) is 0 Å². The van der Waals surface area contributed by atoms with Gasteiger partial charge in [-0.25, -0.2) is 4.99 Å². The summed E-state index contributed by atoms with van der Waals surface area (Å²) < 4.78 is 5.89. The first-order chi connectivity index (χ1) is 15.5. The summed E-state index contributed by atoms with van der Waals surface area (Å²) in [7, 11) is 2.01. The minimum absolute atomic E-state index is 0.368. The van der Waals surface area contributed by atoms with Crippen LogP contribution in [0.25, 0.3) is 0 Å². The van der Waals surface area contributed by atoms with Crippen LogP contribution in [0.2, 0.25) is 0 Å². The maximum Gasteiger partial charge on any atom is 0.142 e. The molecule has 0 saturated heterocycles.